The Morgan fingerprint density at radius 1 is 0.661 bits per heavy atom. The Morgan fingerprint density at radius 2 is 1.12 bits per heavy atom. The number of halogens is 3. The van der Waals surface area contributed by atoms with Gasteiger partial charge >= 0.3 is 0 Å². The molecular formula is C45H37ClF2N6O5. The van der Waals surface area contributed by atoms with E-state index in [4.69, 9.17) is 9.47 Å². The highest BCUT2D eigenvalue weighted by Gasteiger charge is 2.51. The minimum atomic E-state index is -1.57. The number of fused-ring (bicyclic) bond motifs is 2. The van der Waals surface area contributed by atoms with E-state index in [1.165, 1.54) is 36.4 Å². The van der Waals surface area contributed by atoms with Gasteiger partial charge < -0.3 is 29.7 Å². The third-order valence-corrected chi connectivity index (χ3v) is 10.8. The molecule has 4 aromatic heterocycles. The molecule has 0 bridgehead atoms. The van der Waals surface area contributed by atoms with E-state index in [1.54, 1.807) is 52.4 Å². The minimum absolute atomic E-state index is 0. The Morgan fingerprint density at radius 3 is 1.56 bits per heavy atom. The average Bonchev–Trinajstić information content (AvgIpc) is 3.72. The van der Waals surface area contributed by atoms with Crippen LogP contribution in [0.5, 0.6) is 23.3 Å². The predicted molar refractivity (Wildman–Crippen MR) is 224 cm³/mol. The molecule has 4 aromatic carbocycles. The largest absolute Gasteiger partial charge is 0.440 e. The topological polar surface area (TPSA) is 126 Å². The number of rotatable bonds is 9. The minimum Gasteiger partial charge on any atom is -0.440 e. The summed E-state index contributed by atoms with van der Waals surface area (Å²) in [5, 5.41) is 4.52. The van der Waals surface area contributed by atoms with Crippen LogP contribution in [-0.2, 0) is 10.3 Å². The molecule has 1 saturated heterocycles. The second-order valence-electron chi connectivity index (χ2n) is 14.3. The lowest BCUT2D eigenvalue weighted by Crippen LogP contribution is -2.59. The molecule has 1 aliphatic heterocycles. The number of aryl methyl sites for hydroxylation is 2. The zero-order valence-corrected chi connectivity index (χ0v) is 32.6. The van der Waals surface area contributed by atoms with Crippen molar-refractivity contribution in [2.24, 2.45) is 0 Å². The van der Waals surface area contributed by atoms with Crippen LogP contribution in [0.2, 0.25) is 0 Å². The Labute approximate surface area is 341 Å². The van der Waals surface area contributed by atoms with Gasteiger partial charge in [0.2, 0.25) is 29.3 Å². The van der Waals surface area contributed by atoms with Gasteiger partial charge in [0.1, 0.15) is 28.7 Å². The highest BCUT2D eigenvalue weighted by Crippen LogP contribution is 2.54. The monoisotopic (exact) mass is 814 g/mol. The molecule has 1 aliphatic rings. The van der Waals surface area contributed by atoms with Crippen molar-refractivity contribution in [3.8, 4) is 34.6 Å². The number of aromatic amines is 2. The molecule has 11 nitrogen and oxygen atoms in total. The number of hydrogen-bond acceptors (Lipinski definition) is 6. The Hall–Kier alpha value is -6.96. The number of H-pyrrole nitrogens is 2. The molecule has 9 rings (SSSR count). The van der Waals surface area contributed by atoms with Gasteiger partial charge in [-0.25, -0.2) is 8.78 Å². The second-order valence-corrected chi connectivity index (χ2v) is 14.3. The maximum absolute atomic E-state index is 15.1. The van der Waals surface area contributed by atoms with Gasteiger partial charge in [0.15, 0.2) is 0 Å². The number of carbonyl (C=O) groups excluding carboxylic acids is 1. The number of hydrogen-bond donors (Lipinski definition) is 3. The molecule has 8 aromatic rings. The number of carbonyl (C=O) groups is 1. The summed E-state index contributed by atoms with van der Waals surface area (Å²) >= 11 is 0. The molecule has 1 amide bonds. The maximum Gasteiger partial charge on any atom is 0.250 e. The summed E-state index contributed by atoms with van der Waals surface area (Å²) in [6.45, 7) is 4.27. The standard InChI is InChI=1S/C45H36F2N6O5.ClH/c1-27-13-15-29(46)19-37(27)57-43-41(33-23-49-39(55)21-35(33)52(43)31-9-5-3-6-10-31)45(25-48-17-18-51(45)26-54)42-34-24-50-40(56)22-36(34)53(32-11-7-4-8-12-32)44(42)58-38-20-30(47)16-14-28(38)2;/h3-16,19-24,26,48H,17-18,25H2,1-2H3,(H,49,55)(H,50,56);1H. The van der Waals surface area contributed by atoms with Crippen LogP contribution >= 0.6 is 12.4 Å². The predicted octanol–water partition coefficient (Wildman–Crippen LogP) is 8.16. The highest BCUT2D eigenvalue weighted by atomic mass is 35.5. The van der Waals surface area contributed by atoms with Crippen LogP contribution in [-0.4, -0.2) is 50.0 Å². The summed E-state index contributed by atoms with van der Waals surface area (Å²) < 4.78 is 47.5. The fourth-order valence-corrected chi connectivity index (χ4v) is 8.09. The molecule has 14 heteroatoms. The van der Waals surface area contributed by atoms with Crippen molar-refractivity contribution in [2.45, 2.75) is 19.4 Å². The lowest BCUT2D eigenvalue weighted by atomic mass is 9.79. The summed E-state index contributed by atoms with van der Waals surface area (Å²) in [4.78, 5) is 47.6. The number of benzene rings is 4. The van der Waals surface area contributed by atoms with Gasteiger partial charge in [-0.15, -0.1) is 12.4 Å². The van der Waals surface area contributed by atoms with Crippen LogP contribution in [0.1, 0.15) is 22.3 Å². The van der Waals surface area contributed by atoms with Gasteiger partial charge in [0.05, 0.1) is 22.2 Å². The summed E-state index contributed by atoms with van der Waals surface area (Å²) in [6.07, 6.45) is 3.91. The molecule has 0 saturated carbocycles. The average molecular weight is 815 g/mol. The molecule has 1 fully saturated rings. The van der Waals surface area contributed by atoms with E-state index >= 15 is 8.78 Å². The lowest BCUT2D eigenvalue weighted by molar-refractivity contribution is -0.124. The highest BCUT2D eigenvalue weighted by molar-refractivity contribution is 5.95. The van der Waals surface area contributed by atoms with Crippen LogP contribution in [0.4, 0.5) is 8.78 Å². The lowest BCUT2D eigenvalue weighted by Gasteiger charge is -2.46. The van der Waals surface area contributed by atoms with E-state index < -0.39 is 28.3 Å². The molecule has 59 heavy (non-hydrogen) atoms. The number of nitrogens with one attached hydrogen (secondary N) is 3. The summed E-state index contributed by atoms with van der Waals surface area (Å²) in [5.41, 5.74) is 1.85. The molecular weight excluding hydrogens is 778 g/mol. The molecule has 5 heterocycles. The van der Waals surface area contributed by atoms with Gasteiger partial charge in [0.25, 0.3) is 0 Å². The molecule has 0 aliphatic carbocycles. The van der Waals surface area contributed by atoms with Crippen molar-refractivity contribution in [2.75, 3.05) is 19.6 Å². The van der Waals surface area contributed by atoms with Crippen molar-refractivity contribution in [1.29, 1.82) is 0 Å². The third-order valence-electron chi connectivity index (χ3n) is 10.8. The Kier molecular flexibility index (Phi) is 10.2. The number of nitrogens with zero attached hydrogens (tertiary/aromatic N) is 3. The first-order valence-electron chi connectivity index (χ1n) is 18.6. The number of amides is 1. The number of para-hydroxylation sites is 2. The smallest absolute Gasteiger partial charge is 0.250 e. The fourth-order valence-electron chi connectivity index (χ4n) is 8.09. The van der Waals surface area contributed by atoms with Crippen LogP contribution in [0, 0.1) is 25.5 Å². The third kappa shape index (κ3) is 6.54. The molecule has 0 atom stereocenters. The Balaban J connectivity index is 0.00000484. The van der Waals surface area contributed by atoms with Crippen molar-refractivity contribution in [3.05, 3.63) is 176 Å². The van der Waals surface area contributed by atoms with E-state index in [0.717, 1.165) is 6.41 Å². The first kappa shape index (κ1) is 38.9. The van der Waals surface area contributed by atoms with Crippen molar-refractivity contribution in [3.63, 3.8) is 0 Å². The van der Waals surface area contributed by atoms with E-state index in [-0.39, 0.29) is 48.8 Å². The van der Waals surface area contributed by atoms with Gasteiger partial charge in [-0.05, 0) is 61.4 Å². The number of ether oxygens (including phenoxy) is 2. The van der Waals surface area contributed by atoms with Crippen molar-refractivity contribution in [1.82, 2.24) is 29.3 Å². The first-order valence-corrected chi connectivity index (χ1v) is 18.6. The molecule has 3 N–H and O–H groups in total. The quantitative estimate of drug-likeness (QED) is 0.126. The first-order chi connectivity index (χ1) is 28.2. The summed E-state index contributed by atoms with van der Waals surface area (Å²) in [7, 11) is 0. The van der Waals surface area contributed by atoms with Crippen molar-refractivity contribution < 1.29 is 23.0 Å². The van der Waals surface area contributed by atoms with E-state index in [0.29, 0.717) is 62.0 Å². The maximum atomic E-state index is 15.1. The second kappa shape index (κ2) is 15.4. The van der Waals surface area contributed by atoms with Crippen LogP contribution in [0.15, 0.2) is 131 Å². The van der Waals surface area contributed by atoms with Crippen LogP contribution in [0.3, 0.4) is 0 Å². The molecule has 298 valence electrons. The van der Waals surface area contributed by atoms with E-state index in [1.807, 2.05) is 60.7 Å². The van der Waals surface area contributed by atoms with Crippen LogP contribution in [0.25, 0.3) is 33.2 Å². The summed E-state index contributed by atoms with van der Waals surface area (Å²) in [5.74, 6) is -0.289. The SMILES string of the molecule is Cc1ccc(F)cc1Oc1c(C2(c3c(Oc4cc(F)ccc4C)n(-c4ccccc4)c4cc(=O)[nH]cc34)CNCCN2C=O)c2c[nH]c(=O)cc2n1-c1ccccc1.Cl. The van der Waals surface area contributed by atoms with E-state index in [9.17, 15) is 14.4 Å². The zero-order chi connectivity index (χ0) is 40.1. The van der Waals surface area contributed by atoms with E-state index in [2.05, 4.69) is 15.3 Å². The zero-order valence-electron chi connectivity index (χ0n) is 31.8. The van der Waals surface area contributed by atoms with Gasteiger partial charge in [-0.2, -0.15) is 0 Å². The fraction of sp³-hybridized carbons (Fsp3) is 0.133. The Bertz CT molecular complexity index is 2810. The van der Waals surface area contributed by atoms with Crippen molar-refractivity contribution >= 4 is 40.6 Å². The number of aromatic nitrogens is 4. The summed E-state index contributed by atoms with van der Waals surface area (Å²) in [6, 6.07) is 29.9. The number of pyridine rings is 2. The van der Waals surface area contributed by atoms with Gasteiger partial charge in [-0.1, -0.05) is 48.5 Å². The van der Waals surface area contributed by atoms with Gasteiger partial charge in [-0.3, -0.25) is 23.5 Å². The number of piperazine rings is 1. The van der Waals surface area contributed by atoms with Crippen LogP contribution < -0.4 is 25.9 Å². The van der Waals surface area contributed by atoms with Gasteiger partial charge in [0, 0.05) is 78.4 Å². The molecule has 0 unspecified atom stereocenters. The normalized spacial score (nSPS) is 13.7. The molecule has 0 radical (unpaired) electrons. The molecule has 0 spiro atoms.